The number of nitrogens with zero attached hydrogens (tertiary/aromatic N) is 1. The van der Waals surface area contributed by atoms with Crippen LogP contribution in [0.1, 0.15) is 42.5 Å². The van der Waals surface area contributed by atoms with E-state index in [4.69, 9.17) is 10.5 Å². The van der Waals surface area contributed by atoms with Gasteiger partial charge in [-0.3, -0.25) is 9.59 Å². The van der Waals surface area contributed by atoms with Gasteiger partial charge in [0.25, 0.3) is 11.5 Å². The molecule has 1 heterocycles. The summed E-state index contributed by atoms with van der Waals surface area (Å²) in [5, 5.41) is 10.8. The molecule has 1 saturated carbocycles. The number of amides is 1. The number of aromatic nitrogens is 1. The van der Waals surface area contributed by atoms with Crippen LogP contribution in [0, 0.1) is 0 Å². The van der Waals surface area contributed by atoms with Crippen LogP contribution in [0.4, 0.5) is 0 Å². The standard InChI is InChI=1S/C18H20N2O5/c1-20-12-8-4-3-7-11(12)14(21)13(15(20)22)16(23)25-18(17(19)24)9-5-2-6-10-18/h3-4,7-8,21H,2,5-6,9-10H2,1H3,(H2,19,24). The van der Waals surface area contributed by atoms with E-state index in [1.54, 1.807) is 24.3 Å². The molecule has 0 atom stereocenters. The molecule has 3 N–H and O–H groups in total. The number of nitrogens with two attached hydrogens (primary N) is 1. The second-order valence-corrected chi connectivity index (χ2v) is 6.41. The predicted molar refractivity (Wildman–Crippen MR) is 91.3 cm³/mol. The third-order valence-electron chi connectivity index (χ3n) is 4.88. The average molecular weight is 344 g/mol. The fourth-order valence-corrected chi connectivity index (χ4v) is 3.41. The van der Waals surface area contributed by atoms with Crippen LogP contribution in [0.25, 0.3) is 10.9 Å². The predicted octanol–water partition coefficient (Wildman–Crippen LogP) is 1.59. The zero-order valence-electron chi connectivity index (χ0n) is 13.9. The number of primary amides is 1. The molecule has 1 amide bonds. The Hall–Kier alpha value is -2.83. The molecule has 2 aromatic rings. The van der Waals surface area contributed by atoms with Gasteiger partial charge in [0.15, 0.2) is 11.2 Å². The van der Waals surface area contributed by atoms with Gasteiger partial charge in [0.1, 0.15) is 5.75 Å². The molecule has 25 heavy (non-hydrogen) atoms. The summed E-state index contributed by atoms with van der Waals surface area (Å²) >= 11 is 0. The van der Waals surface area contributed by atoms with E-state index in [1.807, 2.05) is 0 Å². The van der Waals surface area contributed by atoms with Gasteiger partial charge < -0.3 is 20.1 Å². The fraction of sp³-hybridized carbons (Fsp3) is 0.389. The van der Waals surface area contributed by atoms with Crippen LogP contribution in [0.2, 0.25) is 0 Å². The van der Waals surface area contributed by atoms with E-state index >= 15 is 0 Å². The van der Waals surface area contributed by atoms with Crippen molar-refractivity contribution in [2.24, 2.45) is 12.8 Å². The molecular weight excluding hydrogens is 324 g/mol. The van der Waals surface area contributed by atoms with Crippen molar-refractivity contribution in [3.8, 4) is 5.75 Å². The van der Waals surface area contributed by atoms with E-state index in [0.29, 0.717) is 36.6 Å². The summed E-state index contributed by atoms with van der Waals surface area (Å²) in [5.41, 5.74) is 3.37. The quantitative estimate of drug-likeness (QED) is 0.821. The van der Waals surface area contributed by atoms with Crippen LogP contribution in [-0.4, -0.2) is 27.2 Å². The van der Waals surface area contributed by atoms with Gasteiger partial charge in [-0.2, -0.15) is 0 Å². The molecule has 0 bridgehead atoms. The van der Waals surface area contributed by atoms with Crippen molar-refractivity contribution in [1.29, 1.82) is 0 Å². The van der Waals surface area contributed by atoms with Crippen LogP contribution in [-0.2, 0) is 16.6 Å². The minimum Gasteiger partial charge on any atom is -0.506 e. The lowest BCUT2D eigenvalue weighted by molar-refractivity contribution is -0.140. The van der Waals surface area contributed by atoms with Crippen molar-refractivity contribution in [2.45, 2.75) is 37.7 Å². The highest BCUT2D eigenvalue weighted by Crippen LogP contribution is 2.34. The highest BCUT2D eigenvalue weighted by molar-refractivity contribution is 6.01. The molecular formula is C18H20N2O5. The molecule has 0 spiro atoms. The van der Waals surface area contributed by atoms with E-state index in [1.165, 1.54) is 11.6 Å². The molecule has 0 radical (unpaired) electrons. The summed E-state index contributed by atoms with van der Waals surface area (Å²) in [6.07, 6.45) is 2.98. The van der Waals surface area contributed by atoms with Gasteiger partial charge >= 0.3 is 5.97 Å². The van der Waals surface area contributed by atoms with Gasteiger partial charge in [0.2, 0.25) is 0 Å². The van der Waals surface area contributed by atoms with E-state index in [9.17, 15) is 19.5 Å². The lowest BCUT2D eigenvalue weighted by atomic mass is 9.84. The Kier molecular flexibility index (Phi) is 4.24. The summed E-state index contributed by atoms with van der Waals surface area (Å²) in [5.74, 6) is -2.19. The first-order valence-corrected chi connectivity index (χ1v) is 8.21. The molecule has 1 aliphatic rings. The minimum atomic E-state index is -1.42. The lowest BCUT2D eigenvalue weighted by Crippen LogP contribution is -2.49. The maximum atomic E-state index is 12.7. The molecule has 3 rings (SSSR count). The van der Waals surface area contributed by atoms with Crippen molar-refractivity contribution < 1.29 is 19.4 Å². The number of carbonyl (C=O) groups is 2. The molecule has 7 heteroatoms. The second kappa shape index (κ2) is 6.23. The van der Waals surface area contributed by atoms with Crippen LogP contribution < -0.4 is 11.3 Å². The first-order chi connectivity index (χ1) is 11.9. The number of fused-ring (bicyclic) bond motifs is 1. The van der Waals surface area contributed by atoms with Crippen LogP contribution in [0.5, 0.6) is 5.75 Å². The first-order valence-electron chi connectivity index (χ1n) is 8.21. The van der Waals surface area contributed by atoms with Gasteiger partial charge in [-0.05, 0) is 37.8 Å². The number of aromatic hydroxyl groups is 1. The minimum absolute atomic E-state index is 0.322. The Bertz CT molecular complexity index is 910. The summed E-state index contributed by atoms with van der Waals surface area (Å²) < 4.78 is 6.67. The number of hydrogen-bond acceptors (Lipinski definition) is 5. The summed E-state index contributed by atoms with van der Waals surface area (Å²) in [6, 6.07) is 6.68. The highest BCUT2D eigenvalue weighted by atomic mass is 16.6. The summed E-state index contributed by atoms with van der Waals surface area (Å²) in [4.78, 5) is 37.1. The van der Waals surface area contributed by atoms with Crippen LogP contribution in [0.15, 0.2) is 29.1 Å². The maximum Gasteiger partial charge on any atom is 0.348 e. The van der Waals surface area contributed by atoms with Gasteiger partial charge in [-0.15, -0.1) is 0 Å². The fourth-order valence-electron chi connectivity index (χ4n) is 3.41. The largest absolute Gasteiger partial charge is 0.506 e. The van der Waals surface area contributed by atoms with Crippen molar-refractivity contribution >= 4 is 22.8 Å². The molecule has 1 aromatic carbocycles. The smallest absolute Gasteiger partial charge is 0.348 e. The number of esters is 1. The summed E-state index contributed by atoms with van der Waals surface area (Å²) in [6.45, 7) is 0. The van der Waals surface area contributed by atoms with E-state index < -0.39 is 34.3 Å². The topological polar surface area (TPSA) is 112 Å². The Morgan fingerprint density at radius 1 is 1.20 bits per heavy atom. The van der Waals surface area contributed by atoms with Crippen LogP contribution >= 0.6 is 0 Å². The Morgan fingerprint density at radius 3 is 2.48 bits per heavy atom. The Balaban J connectivity index is 2.08. The molecule has 0 saturated heterocycles. The Morgan fingerprint density at radius 2 is 1.84 bits per heavy atom. The van der Waals surface area contributed by atoms with Crippen molar-refractivity contribution in [2.75, 3.05) is 0 Å². The van der Waals surface area contributed by atoms with Gasteiger partial charge in [0, 0.05) is 12.4 Å². The molecule has 7 nitrogen and oxygen atoms in total. The first kappa shape index (κ1) is 17.0. The monoisotopic (exact) mass is 344 g/mol. The number of aryl methyl sites for hydroxylation is 1. The van der Waals surface area contributed by atoms with Crippen LogP contribution in [0.3, 0.4) is 0 Å². The van der Waals surface area contributed by atoms with E-state index in [-0.39, 0.29) is 0 Å². The lowest BCUT2D eigenvalue weighted by Gasteiger charge is -2.33. The number of rotatable bonds is 3. The van der Waals surface area contributed by atoms with Crippen molar-refractivity contribution in [3.63, 3.8) is 0 Å². The normalized spacial score (nSPS) is 16.5. The number of benzene rings is 1. The van der Waals surface area contributed by atoms with E-state index in [0.717, 1.165) is 6.42 Å². The summed E-state index contributed by atoms with van der Waals surface area (Å²) in [7, 11) is 1.51. The molecule has 0 aliphatic heterocycles. The molecule has 1 aliphatic carbocycles. The third-order valence-corrected chi connectivity index (χ3v) is 4.88. The zero-order valence-corrected chi connectivity index (χ0v) is 13.9. The molecule has 0 unspecified atom stereocenters. The number of hydrogen-bond donors (Lipinski definition) is 2. The third kappa shape index (κ3) is 2.75. The molecule has 1 aromatic heterocycles. The number of carbonyl (C=O) groups excluding carboxylic acids is 2. The molecule has 1 fully saturated rings. The number of ether oxygens (including phenoxy) is 1. The maximum absolute atomic E-state index is 12.7. The Labute approximate surface area is 144 Å². The van der Waals surface area contributed by atoms with Gasteiger partial charge in [-0.25, -0.2) is 4.79 Å². The molecule has 132 valence electrons. The number of pyridine rings is 1. The average Bonchev–Trinajstić information content (AvgIpc) is 2.60. The number of para-hydroxylation sites is 1. The highest BCUT2D eigenvalue weighted by Gasteiger charge is 2.43. The van der Waals surface area contributed by atoms with Gasteiger partial charge in [0.05, 0.1) is 5.52 Å². The zero-order chi connectivity index (χ0) is 18.2. The van der Waals surface area contributed by atoms with Gasteiger partial charge in [-0.1, -0.05) is 18.6 Å². The van der Waals surface area contributed by atoms with Crippen molar-refractivity contribution in [1.82, 2.24) is 4.57 Å². The second-order valence-electron chi connectivity index (χ2n) is 6.41. The SMILES string of the molecule is Cn1c(=O)c(C(=O)OC2(C(N)=O)CCCCC2)c(O)c2ccccc21. The van der Waals surface area contributed by atoms with Crippen molar-refractivity contribution in [3.05, 3.63) is 40.2 Å². The van der Waals surface area contributed by atoms with E-state index in [2.05, 4.69) is 0 Å².